The van der Waals surface area contributed by atoms with Gasteiger partial charge in [-0.15, -0.1) is 0 Å². The molecule has 2 saturated heterocycles. The average molecular weight is 370 g/mol. The topological polar surface area (TPSA) is 63.7 Å². The molecule has 0 bridgehead atoms. The molecular weight excluding hydrogens is 340 g/mol. The van der Waals surface area contributed by atoms with Crippen molar-refractivity contribution in [2.24, 2.45) is 5.73 Å². The predicted octanol–water partition coefficient (Wildman–Crippen LogP) is 1.81. The SMILES string of the molecule is NC(=O)Cn1cc(CN2CCCC[C@H]2CN2CCOCC2)c2ccccc21. The number of morpholine rings is 1. The van der Waals surface area contributed by atoms with Gasteiger partial charge in [0.1, 0.15) is 6.54 Å². The van der Waals surface area contributed by atoms with E-state index in [-0.39, 0.29) is 12.5 Å². The highest BCUT2D eigenvalue weighted by atomic mass is 16.5. The van der Waals surface area contributed by atoms with Crippen LogP contribution in [0.2, 0.25) is 0 Å². The number of amides is 1. The quantitative estimate of drug-likeness (QED) is 0.842. The fourth-order valence-corrected chi connectivity index (χ4v) is 4.52. The third kappa shape index (κ3) is 4.34. The van der Waals surface area contributed by atoms with Crippen LogP contribution < -0.4 is 5.73 Å². The first kappa shape index (κ1) is 18.5. The normalized spacial score (nSPS) is 22.3. The summed E-state index contributed by atoms with van der Waals surface area (Å²) in [5.74, 6) is -0.300. The summed E-state index contributed by atoms with van der Waals surface area (Å²) in [5.41, 5.74) is 7.83. The number of likely N-dealkylation sites (tertiary alicyclic amines) is 1. The second kappa shape index (κ2) is 8.42. The Balaban J connectivity index is 1.53. The Morgan fingerprint density at radius 2 is 1.96 bits per heavy atom. The maximum absolute atomic E-state index is 11.5. The molecule has 0 aliphatic carbocycles. The molecule has 3 heterocycles. The van der Waals surface area contributed by atoms with Crippen molar-refractivity contribution in [2.75, 3.05) is 39.4 Å². The molecule has 2 aliphatic heterocycles. The highest BCUT2D eigenvalue weighted by Crippen LogP contribution is 2.26. The summed E-state index contributed by atoms with van der Waals surface area (Å²) < 4.78 is 7.49. The second-order valence-electron chi connectivity index (χ2n) is 7.80. The van der Waals surface area contributed by atoms with E-state index in [0.717, 1.165) is 51.5 Å². The summed E-state index contributed by atoms with van der Waals surface area (Å²) >= 11 is 0. The van der Waals surface area contributed by atoms with Crippen molar-refractivity contribution in [1.82, 2.24) is 14.4 Å². The summed E-state index contributed by atoms with van der Waals surface area (Å²) in [7, 11) is 0. The van der Waals surface area contributed by atoms with Gasteiger partial charge in [0.25, 0.3) is 0 Å². The van der Waals surface area contributed by atoms with Crippen molar-refractivity contribution in [3.05, 3.63) is 36.0 Å². The molecule has 2 fully saturated rings. The van der Waals surface area contributed by atoms with Crippen LogP contribution in [0.15, 0.2) is 30.5 Å². The van der Waals surface area contributed by atoms with Gasteiger partial charge < -0.3 is 15.0 Å². The number of ether oxygens (including phenoxy) is 1. The van der Waals surface area contributed by atoms with Crippen LogP contribution in [0.5, 0.6) is 0 Å². The zero-order chi connectivity index (χ0) is 18.6. The average Bonchev–Trinajstić information content (AvgIpc) is 3.01. The molecule has 2 aromatic rings. The largest absolute Gasteiger partial charge is 0.379 e. The van der Waals surface area contributed by atoms with E-state index in [1.807, 2.05) is 10.6 Å². The lowest BCUT2D eigenvalue weighted by Crippen LogP contribution is -2.49. The van der Waals surface area contributed by atoms with Gasteiger partial charge in [0.2, 0.25) is 5.91 Å². The summed E-state index contributed by atoms with van der Waals surface area (Å²) in [5, 5.41) is 1.23. The minimum atomic E-state index is -0.300. The molecule has 6 nitrogen and oxygen atoms in total. The Morgan fingerprint density at radius 1 is 1.15 bits per heavy atom. The van der Waals surface area contributed by atoms with Gasteiger partial charge in [0.15, 0.2) is 0 Å². The zero-order valence-corrected chi connectivity index (χ0v) is 16.0. The van der Waals surface area contributed by atoms with Crippen molar-refractivity contribution in [1.29, 1.82) is 0 Å². The lowest BCUT2D eigenvalue weighted by molar-refractivity contribution is -0.118. The van der Waals surface area contributed by atoms with Gasteiger partial charge >= 0.3 is 0 Å². The third-order valence-electron chi connectivity index (χ3n) is 5.89. The van der Waals surface area contributed by atoms with Crippen LogP contribution in [-0.2, 0) is 22.6 Å². The van der Waals surface area contributed by atoms with E-state index in [1.54, 1.807) is 0 Å². The molecule has 27 heavy (non-hydrogen) atoms. The number of primary amides is 1. The van der Waals surface area contributed by atoms with Gasteiger partial charge in [-0.1, -0.05) is 24.6 Å². The number of benzene rings is 1. The van der Waals surface area contributed by atoms with Crippen LogP contribution >= 0.6 is 0 Å². The predicted molar refractivity (Wildman–Crippen MR) is 106 cm³/mol. The van der Waals surface area contributed by atoms with E-state index in [0.29, 0.717) is 6.04 Å². The lowest BCUT2D eigenvalue weighted by atomic mass is 10.00. The number of rotatable bonds is 6. The molecule has 0 unspecified atom stereocenters. The number of carbonyl (C=O) groups is 1. The standard InChI is InChI=1S/C21H30N4O2/c22-21(26)16-25-14-17(19-6-1-2-7-20(19)25)13-24-8-4-3-5-18(24)15-23-9-11-27-12-10-23/h1-2,6-7,14,18H,3-5,8-13,15-16H2,(H2,22,26)/t18-/m0/s1. The zero-order valence-electron chi connectivity index (χ0n) is 16.0. The molecule has 4 rings (SSSR count). The van der Waals surface area contributed by atoms with Crippen molar-refractivity contribution < 1.29 is 9.53 Å². The van der Waals surface area contributed by atoms with Crippen LogP contribution in [0.25, 0.3) is 10.9 Å². The van der Waals surface area contributed by atoms with Gasteiger partial charge in [0, 0.05) is 49.3 Å². The molecule has 0 spiro atoms. The van der Waals surface area contributed by atoms with E-state index < -0.39 is 0 Å². The number of nitrogens with zero attached hydrogens (tertiary/aromatic N) is 3. The minimum Gasteiger partial charge on any atom is -0.379 e. The number of nitrogens with two attached hydrogens (primary N) is 1. The minimum absolute atomic E-state index is 0.234. The van der Waals surface area contributed by atoms with Gasteiger partial charge in [-0.3, -0.25) is 14.6 Å². The Labute approximate surface area is 160 Å². The fourth-order valence-electron chi connectivity index (χ4n) is 4.52. The maximum Gasteiger partial charge on any atom is 0.237 e. The molecule has 2 aliphatic rings. The van der Waals surface area contributed by atoms with Crippen molar-refractivity contribution in [2.45, 2.75) is 38.4 Å². The summed E-state index contributed by atoms with van der Waals surface area (Å²) in [6.07, 6.45) is 5.96. The van der Waals surface area contributed by atoms with Crippen LogP contribution in [-0.4, -0.2) is 65.7 Å². The van der Waals surface area contributed by atoms with E-state index in [9.17, 15) is 4.79 Å². The van der Waals surface area contributed by atoms with Crippen molar-refractivity contribution in [3.63, 3.8) is 0 Å². The van der Waals surface area contributed by atoms with E-state index in [4.69, 9.17) is 10.5 Å². The van der Waals surface area contributed by atoms with Crippen LogP contribution in [0.1, 0.15) is 24.8 Å². The van der Waals surface area contributed by atoms with Crippen LogP contribution in [0, 0.1) is 0 Å². The van der Waals surface area contributed by atoms with E-state index in [1.165, 1.54) is 30.2 Å². The first-order chi connectivity index (χ1) is 13.2. The van der Waals surface area contributed by atoms with Gasteiger partial charge in [-0.2, -0.15) is 0 Å². The Morgan fingerprint density at radius 3 is 2.78 bits per heavy atom. The molecule has 1 atom stereocenters. The molecule has 0 saturated carbocycles. The molecule has 0 radical (unpaired) electrons. The van der Waals surface area contributed by atoms with Gasteiger partial charge in [-0.25, -0.2) is 0 Å². The lowest BCUT2D eigenvalue weighted by Gasteiger charge is -2.39. The van der Waals surface area contributed by atoms with Crippen molar-refractivity contribution >= 4 is 16.8 Å². The number of para-hydroxylation sites is 1. The summed E-state index contributed by atoms with van der Waals surface area (Å²) in [6, 6.07) is 8.91. The molecular formula is C21H30N4O2. The van der Waals surface area contributed by atoms with E-state index in [2.05, 4.69) is 34.2 Å². The molecule has 2 N–H and O–H groups in total. The summed E-state index contributed by atoms with van der Waals surface area (Å²) in [4.78, 5) is 16.6. The van der Waals surface area contributed by atoms with E-state index >= 15 is 0 Å². The number of carbonyl (C=O) groups excluding carboxylic acids is 1. The number of hydrogen-bond acceptors (Lipinski definition) is 4. The Kier molecular flexibility index (Phi) is 5.76. The molecule has 1 amide bonds. The highest BCUT2D eigenvalue weighted by Gasteiger charge is 2.26. The Hall–Kier alpha value is -1.89. The van der Waals surface area contributed by atoms with Crippen LogP contribution in [0.4, 0.5) is 0 Å². The number of piperidine rings is 1. The number of aromatic nitrogens is 1. The first-order valence-electron chi connectivity index (χ1n) is 10.1. The summed E-state index contributed by atoms with van der Waals surface area (Å²) in [6.45, 7) is 7.23. The number of hydrogen-bond donors (Lipinski definition) is 1. The van der Waals surface area contributed by atoms with Crippen LogP contribution in [0.3, 0.4) is 0 Å². The molecule has 1 aromatic heterocycles. The molecule has 1 aromatic carbocycles. The van der Waals surface area contributed by atoms with Gasteiger partial charge in [-0.05, 0) is 31.0 Å². The smallest absolute Gasteiger partial charge is 0.237 e. The van der Waals surface area contributed by atoms with Crippen molar-refractivity contribution in [3.8, 4) is 0 Å². The maximum atomic E-state index is 11.5. The van der Waals surface area contributed by atoms with Gasteiger partial charge in [0.05, 0.1) is 13.2 Å². The monoisotopic (exact) mass is 370 g/mol. The number of fused-ring (bicyclic) bond motifs is 1. The Bertz CT molecular complexity index is 782. The first-order valence-corrected chi connectivity index (χ1v) is 10.1. The second-order valence-corrected chi connectivity index (χ2v) is 7.80. The molecule has 6 heteroatoms. The molecule has 146 valence electrons. The highest BCUT2D eigenvalue weighted by molar-refractivity contribution is 5.85. The fraction of sp³-hybridized carbons (Fsp3) is 0.571. The third-order valence-corrected chi connectivity index (χ3v) is 5.89.